The van der Waals surface area contributed by atoms with Gasteiger partial charge >= 0.3 is 0 Å². The molecule has 1 N–H and O–H groups in total. The van der Waals surface area contributed by atoms with Crippen molar-refractivity contribution in [1.29, 1.82) is 0 Å². The van der Waals surface area contributed by atoms with Crippen LogP contribution in [-0.4, -0.2) is 37.1 Å². The van der Waals surface area contributed by atoms with E-state index in [1.807, 2.05) is 0 Å². The molecule has 0 bridgehead atoms. The van der Waals surface area contributed by atoms with Gasteiger partial charge in [0.25, 0.3) is 0 Å². The van der Waals surface area contributed by atoms with E-state index in [0.29, 0.717) is 12.1 Å². The van der Waals surface area contributed by atoms with E-state index in [1.165, 1.54) is 19.3 Å². The second-order valence-electron chi connectivity index (χ2n) is 5.55. The van der Waals surface area contributed by atoms with Crippen molar-refractivity contribution in [3.05, 3.63) is 0 Å². The summed E-state index contributed by atoms with van der Waals surface area (Å²) < 4.78 is 0. The average molecular weight is 228 g/mol. The van der Waals surface area contributed by atoms with Gasteiger partial charge in [-0.2, -0.15) is 0 Å². The zero-order valence-corrected chi connectivity index (χ0v) is 12.2. The summed E-state index contributed by atoms with van der Waals surface area (Å²) in [6.07, 6.45) is 3.86. The fraction of sp³-hybridized carbons (Fsp3) is 1.00. The third-order valence-electron chi connectivity index (χ3n) is 3.35. The monoisotopic (exact) mass is 228 g/mol. The van der Waals surface area contributed by atoms with E-state index in [0.717, 1.165) is 19.0 Å². The molecular formula is C14H32N2. The van der Waals surface area contributed by atoms with E-state index in [9.17, 15) is 0 Å². The van der Waals surface area contributed by atoms with E-state index >= 15 is 0 Å². The molecule has 0 amide bonds. The maximum Gasteiger partial charge on any atom is 0.0192 e. The van der Waals surface area contributed by atoms with Crippen molar-refractivity contribution in [3.63, 3.8) is 0 Å². The number of nitrogens with one attached hydrogen (secondary N) is 1. The van der Waals surface area contributed by atoms with Gasteiger partial charge in [0.05, 0.1) is 0 Å². The number of likely N-dealkylation sites (N-methyl/N-ethyl adjacent to an activating group) is 1. The van der Waals surface area contributed by atoms with Crippen LogP contribution in [-0.2, 0) is 0 Å². The van der Waals surface area contributed by atoms with Gasteiger partial charge in [0.2, 0.25) is 0 Å². The van der Waals surface area contributed by atoms with E-state index in [2.05, 4.69) is 51.9 Å². The number of nitrogens with zero attached hydrogens (tertiary/aromatic N) is 1. The van der Waals surface area contributed by atoms with Gasteiger partial charge in [-0.1, -0.05) is 27.2 Å². The van der Waals surface area contributed by atoms with Crippen molar-refractivity contribution in [1.82, 2.24) is 10.2 Å². The molecule has 0 radical (unpaired) electrons. The van der Waals surface area contributed by atoms with Crippen LogP contribution >= 0.6 is 0 Å². The van der Waals surface area contributed by atoms with Crippen LogP contribution in [0.25, 0.3) is 0 Å². The summed E-state index contributed by atoms with van der Waals surface area (Å²) in [6.45, 7) is 13.8. The topological polar surface area (TPSA) is 15.3 Å². The van der Waals surface area contributed by atoms with Crippen LogP contribution in [0, 0.1) is 5.92 Å². The molecule has 0 aromatic carbocycles. The van der Waals surface area contributed by atoms with Gasteiger partial charge in [0, 0.05) is 18.6 Å². The van der Waals surface area contributed by atoms with Crippen molar-refractivity contribution >= 4 is 0 Å². The quantitative estimate of drug-likeness (QED) is 0.610. The van der Waals surface area contributed by atoms with Gasteiger partial charge in [0.1, 0.15) is 0 Å². The van der Waals surface area contributed by atoms with Crippen molar-refractivity contribution in [2.75, 3.05) is 20.1 Å². The summed E-state index contributed by atoms with van der Waals surface area (Å²) in [6, 6.07) is 1.31. The molecule has 2 atom stereocenters. The lowest BCUT2D eigenvalue weighted by molar-refractivity contribution is 0.172. The lowest BCUT2D eigenvalue weighted by atomic mass is 10.0. The highest BCUT2D eigenvalue weighted by Crippen LogP contribution is 2.11. The van der Waals surface area contributed by atoms with Gasteiger partial charge < -0.3 is 5.32 Å². The largest absolute Gasteiger partial charge is 0.315 e. The Morgan fingerprint density at radius 1 is 1.06 bits per heavy atom. The van der Waals surface area contributed by atoms with Crippen molar-refractivity contribution in [2.24, 2.45) is 5.92 Å². The molecule has 0 aliphatic heterocycles. The molecule has 16 heavy (non-hydrogen) atoms. The van der Waals surface area contributed by atoms with Gasteiger partial charge in [-0.15, -0.1) is 0 Å². The maximum atomic E-state index is 3.53. The maximum absolute atomic E-state index is 3.53. The van der Waals surface area contributed by atoms with Crippen molar-refractivity contribution in [2.45, 2.75) is 66.0 Å². The summed E-state index contributed by atoms with van der Waals surface area (Å²) in [5.41, 5.74) is 0. The Balaban J connectivity index is 3.74. The van der Waals surface area contributed by atoms with E-state index in [4.69, 9.17) is 0 Å². The SMILES string of the molecule is CCCCNCC(C)N(C)C(C)CC(C)C. The number of hydrogen-bond acceptors (Lipinski definition) is 2. The second kappa shape index (κ2) is 9.00. The fourth-order valence-electron chi connectivity index (χ4n) is 2.04. The lowest BCUT2D eigenvalue weighted by Crippen LogP contribution is -2.43. The Morgan fingerprint density at radius 3 is 2.19 bits per heavy atom. The fourth-order valence-corrected chi connectivity index (χ4v) is 2.04. The number of rotatable bonds is 9. The first kappa shape index (κ1) is 15.9. The highest BCUT2D eigenvalue weighted by molar-refractivity contribution is 4.73. The molecule has 0 spiro atoms. The Kier molecular flexibility index (Phi) is 8.96. The van der Waals surface area contributed by atoms with Crippen molar-refractivity contribution < 1.29 is 0 Å². The minimum atomic E-state index is 0.630. The van der Waals surface area contributed by atoms with E-state index in [1.54, 1.807) is 0 Å². The molecule has 0 aromatic rings. The first-order chi connectivity index (χ1) is 7.49. The smallest absolute Gasteiger partial charge is 0.0192 e. The molecule has 0 saturated carbocycles. The molecule has 0 aromatic heterocycles. The van der Waals surface area contributed by atoms with Crippen molar-refractivity contribution in [3.8, 4) is 0 Å². The van der Waals surface area contributed by atoms with Crippen LogP contribution in [0.4, 0.5) is 0 Å². The van der Waals surface area contributed by atoms with Crippen LogP contribution in [0.1, 0.15) is 53.9 Å². The van der Waals surface area contributed by atoms with Crippen LogP contribution in [0.15, 0.2) is 0 Å². The third kappa shape index (κ3) is 7.24. The van der Waals surface area contributed by atoms with Crippen LogP contribution in [0.2, 0.25) is 0 Å². The van der Waals surface area contributed by atoms with Gasteiger partial charge in [0.15, 0.2) is 0 Å². The van der Waals surface area contributed by atoms with Gasteiger partial charge in [-0.25, -0.2) is 0 Å². The first-order valence-corrected chi connectivity index (χ1v) is 6.91. The standard InChI is InChI=1S/C14H32N2/c1-7-8-9-15-11-14(5)16(6)13(4)10-12(2)3/h12-15H,7-11H2,1-6H3. The highest BCUT2D eigenvalue weighted by atomic mass is 15.2. The minimum Gasteiger partial charge on any atom is -0.315 e. The van der Waals surface area contributed by atoms with Crippen LogP contribution in [0.5, 0.6) is 0 Å². The zero-order valence-electron chi connectivity index (χ0n) is 12.2. The summed E-state index contributed by atoms with van der Waals surface area (Å²) in [5, 5.41) is 3.53. The Hall–Kier alpha value is -0.0800. The van der Waals surface area contributed by atoms with Crippen LogP contribution < -0.4 is 5.32 Å². The Labute approximate surface area is 103 Å². The summed E-state index contributed by atoms with van der Waals surface area (Å²) in [7, 11) is 2.25. The van der Waals surface area contributed by atoms with Gasteiger partial charge in [-0.3, -0.25) is 4.90 Å². The molecule has 0 fully saturated rings. The highest BCUT2D eigenvalue weighted by Gasteiger charge is 2.16. The molecule has 2 nitrogen and oxygen atoms in total. The molecule has 0 aliphatic carbocycles. The van der Waals surface area contributed by atoms with E-state index < -0.39 is 0 Å². The summed E-state index contributed by atoms with van der Waals surface area (Å²) in [4.78, 5) is 2.50. The molecule has 0 aliphatic rings. The molecule has 0 heterocycles. The average Bonchev–Trinajstić information content (AvgIpc) is 2.22. The zero-order chi connectivity index (χ0) is 12.6. The Morgan fingerprint density at radius 2 is 1.69 bits per heavy atom. The van der Waals surface area contributed by atoms with Crippen LogP contribution in [0.3, 0.4) is 0 Å². The predicted molar refractivity (Wildman–Crippen MR) is 73.9 cm³/mol. The normalized spacial score (nSPS) is 15.8. The molecular weight excluding hydrogens is 196 g/mol. The molecule has 2 unspecified atom stereocenters. The number of hydrogen-bond donors (Lipinski definition) is 1. The Bertz CT molecular complexity index is 157. The second-order valence-corrected chi connectivity index (χ2v) is 5.55. The minimum absolute atomic E-state index is 0.630. The lowest BCUT2D eigenvalue weighted by Gasteiger charge is -2.32. The van der Waals surface area contributed by atoms with E-state index in [-0.39, 0.29) is 0 Å². The number of unbranched alkanes of at least 4 members (excludes halogenated alkanes) is 1. The molecule has 2 heteroatoms. The molecule has 0 saturated heterocycles. The van der Waals surface area contributed by atoms with Gasteiger partial charge in [-0.05, 0) is 46.2 Å². The first-order valence-electron chi connectivity index (χ1n) is 6.91. The third-order valence-corrected chi connectivity index (χ3v) is 3.35. The summed E-state index contributed by atoms with van der Waals surface area (Å²) >= 11 is 0. The predicted octanol–water partition coefficient (Wildman–Crippen LogP) is 3.13. The summed E-state index contributed by atoms with van der Waals surface area (Å²) in [5.74, 6) is 0.790. The molecule has 0 rings (SSSR count). The molecule has 98 valence electrons.